The lowest BCUT2D eigenvalue weighted by Crippen LogP contribution is -2.36. The van der Waals surface area contributed by atoms with Gasteiger partial charge in [-0.05, 0) is 12.8 Å². The molecule has 1 atom stereocenters. The molecule has 0 spiro atoms. The van der Waals surface area contributed by atoms with Crippen LogP contribution in [0.1, 0.15) is 24.5 Å². The predicted octanol–water partition coefficient (Wildman–Crippen LogP) is 1.72. The van der Waals surface area contributed by atoms with E-state index in [-0.39, 0.29) is 0 Å². The number of rotatable bonds is 3. The molecule has 0 N–H and O–H groups in total. The van der Waals surface area contributed by atoms with Crippen molar-refractivity contribution in [2.45, 2.75) is 18.8 Å². The van der Waals surface area contributed by atoms with Crippen LogP contribution in [0.25, 0.3) is 0 Å². The zero-order chi connectivity index (χ0) is 14.7. The van der Waals surface area contributed by atoms with Crippen molar-refractivity contribution in [1.29, 1.82) is 0 Å². The van der Waals surface area contributed by atoms with Gasteiger partial charge in [0, 0.05) is 57.9 Å². The molecular formula is C15H20N6. The standard InChI is InChI=1S/C15H20N6/c1-20(2)15-14(18-7-8-19-15)12-4-3-9-21(11-12)13-10-16-5-6-17-13/h5-8,10,12H,3-4,9,11H2,1-2H3/t12-/m0/s1. The minimum atomic E-state index is 0.381. The second-order valence-electron chi connectivity index (χ2n) is 5.51. The Morgan fingerprint density at radius 1 is 1.10 bits per heavy atom. The van der Waals surface area contributed by atoms with Gasteiger partial charge in [0.25, 0.3) is 0 Å². The molecule has 2 aromatic heterocycles. The number of hydrogen-bond acceptors (Lipinski definition) is 6. The van der Waals surface area contributed by atoms with Crippen LogP contribution in [0.2, 0.25) is 0 Å². The van der Waals surface area contributed by atoms with Gasteiger partial charge in [0.15, 0.2) is 0 Å². The van der Waals surface area contributed by atoms with Crippen LogP contribution in [0, 0.1) is 0 Å². The zero-order valence-electron chi connectivity index (χ0n) is 12.5. The maximum Gasteiger partial charge on any atom is 0.150 e. The van der Waals surface area contributed by atoms with Crippen LogP contribution in [-0.4, -0.2) is 47.1 Å². The van der Waals surface area contributed by atoms with Crippen LogP contribution in [0.4, 0.5) is 11.6 Å². The fraction of sp³-hybridized carbons (Fsp3) is 0.467. The van der Waals surface area contributed by atoms with Gasteiger partial charge in [0.2, 0.25) is 0 Å². The molecule has 0 radical (unpaired) electrons. The van der Waals surface area contributed by atoms with E-state index in [2.05, 4.69) is 24.8 Å². The van der Waals surface area contributed by atoms with Gasteiger partial charge in [-0.2, -0.15) is 0 Å². The summed E-state index contributed by atoms with van der Waals surface area (Å²) in [4.78, 5) is 21.9. The van der Waals surface area contributed by atoms with Crippen molar-refractivity contribution in [2.24, 2.45) is 0 Å². The summed E-state index contributed by atoms with van der Waals surface area (Å²) in [5, 5.41) is 0. The summed E-state index contributed by atoms with van der Waals surface area (Å²) < 4.78 is 0. The highest BCUT2D eigenvalue weighted by atomic mass is 15.2. The lowest BCUT2D eigenvalue weighted by molar-refractivity contribution is 0.497. The van der Waals surface area contributed by atoms with Gasteiger partial charge in [0.05, 0.1) is 11.9 Å². The van der Waals surface area contributed by atoms with E-state index in [4.69, 9.17) is 0 Å². The first-order valence-corrected chi connectivity index (χ1v) is 7.25. The summed E-state index contributed by atoms with van der Waals surface area (Å²) in [5.41, 5.74) is 1.08. The van der Waals surface area contributed by atoms with Gasteiger partial charge in [-0.1, -0.05) is 0 Å². The Morgan fingerprint density at radius 3 is 2.67 bits per heavy atom. The van der Waals surface area contributed by atoms with Crippen molar-refractivity contribution in [3.05, 3.63) is 36.7 Å². The quantitative estimate of drug-likeness (QED) is 0.855. The van der Waals surface area contributed by atoms with Crippen LogP contribution in [0.5, 0.6) is 0 Å². The van der Waals surface area contributed by atoms with Crippen molar-refractivity contribution in [1.82, 2.24) is 19.9 Å². The summed E-state index contributed by atoms with van der Waals surface area (Å²) in [6.45, 7) is 1.94. The fourth-order valence-electron chi connectivity index (χ4n) is 2.84. The van der Waals surface area contributed by atoms with E-state index in [0.29, 0.717) is 5.92 Å². The molecule has 6 heteroatoms. The summed E-state index contributed by atoms with van der Waals surface area (Å²) in [5.74, 6) is 2.29. The molecule has 1 saturated heterocycles. The summed E-state index contributed by atoms with van der Waals surface area (Å²) in [7, 11) is 4.02. The van der Waals surface area contributed by atoms with Crippen LogP contribution in [0.3, 0.4) is 0 Å². The molecule has 21 heavy (non-hydrogen) atoms. The highest BCUT2D eigenvalue weighted by molar-refractivity contribution is 5.45. The molecule has 0 unspecified atom stereocenters. The van der Waals surface area contributed by atoms with E-state index in [0.717, 1.165) is 43.3 Å². The predicted molar refractivity (Wildman–Crippen MR) is 82.6 cm³/mol. The monoisotopic (exact) mass is 284 g/mol. The van der Waals surface area contributed by atoms with Gasteiger partial charge in [-0.3, -0.25) is 9.97 Å². The number of nitrogens with zero attached hydrogens (tertiary/aromatic N) is 6. The Morgan fingerprint density at radius 2 is 1.90 bits per heavy atom. The average Bonchev–Trinajstić information content (AvgIpc) is 2.56. The van der Waals surface area contributed by atoms with Gasteiger partial charge in [-0.25, -0.2) is 9.97 Å². The number of hydrogen-bond donors (Lipinski definition) is 0. The molecule has 110 valence electrons. The van der Waals surface area contributed by atoms with Crippen molar-refractivity contribution in [3.63, 3.8) is 0 Å². The van der Waals surface area contributed by atoms with E-state index in [1.165, 1.54) is 0 Å². The van der Waals surface area contributed by atoms with Gasteiger partial charge in [0.1, 0.15) is 11.6 Å². The fourth-order valence-corrected chi connectivity index (χ4v) is 2.84. The Balaban J connectivity index is 1.84. The molecule has 2 aromatic rings. The molecule has 0 amide bonds. The van der Waals surface area contributed by atoms with Crippen molar-refractivity contribution >= 4 is 11.6 Å². The zero-order valence-corrected chi connectivity index (χ0v) is 12.5. The molecular weight excluding hydrogens is 264 g/mol. The van der Waals surface area contributed by atoms with Crippen LogP contribution in [0.15, 0.2) is 31.0 Å². The summed E-state index contributed by atoms with van der Waals surface area (Å²) >= 11 is 0. The molecule has 1 fully saturated rings. The average molecular weight is 284 g/mol. The molecule has 1 aliphatic heterocycles. The third-order valence-electron chi connectivity index (χ3n) is 3.81. The van der Waals surface area contributed by atoms with E-state index in [1.54, 1.807) is 24.8 Å². The van der Waals surface area contributed by atoms with Crippen molar-refractivity contribution in [3.8, 4) is 0 Å². The Labute approximate surface area is 124 Å². The SMILES string of the molecule is CN(C)c1nccnc1[C@H]1CCCN(c2cnccn2)C1. The second-order valence-corrected chi connectivity index (χ2v) is 5.51. The lowest BCUT2D eigenvalue weighted by atomic mass is 9.94. The third kappa shape index (κ3) is 2.94. The van der Waals surface area contributed by atoms with Gasteiger partial charge in [-0.15, -0.1) is 0 Å². The van der Waals surface area contributed by atoms with Crippen LogP contribution >= 0.6 is 0 Å². The number of aromatic nitrogens is 4. The maximum absolute atomic E-state index is 4.58. The molecule has 0 saturated carbocycles. The normalized spacial score (nSPS) is 18.6. The van der Waals surface area contributed by atoms with Crippen LogP contribution in [-0.2, 0) is 0 Å². The Hall–Kier alpha value is -2.24. The maximum atomic E-state index is 4.58. The smallest absolute Gasteiger partial charge is 0.150 e. The lowest BCUT2D eigenvalue weighted by Gasteiger charge is -2.34. The Kier molecular flexibility index (Phi) is 3.94. The number of piperidine rings is 1. The number of anilines is 2. The third-order valence-corrected chi connectivity index (χ3v) is 3.81. The minimum Gasteiger partial charge on any atom is -0.361 e. The molecule has 3 heterocycles. The van der Waals surface area contributed by atoms with E-state index in [1.807, 2.05) is 25.2 Å². The topological polar surface area (TPSA) is 58.0 Å². The highest BCUT2D eigenvalue weighted by Crippen LogP contribution is 2.31. The first kappa shape index (κ1) is 13.7. The molecule has 6 nitrogen and oxygen atoms in total. The first-order valence-electron chi connectivity index (χ1n) is 7.25. The van der Waals surface area contributed by atoms with Crippen molar-refractivity contribution in [2.75, 3.05) is 37.0 Å². The van der Waals surface area contributed by atoms with E-state index < -0.39 is 0 Å². The van der Waals surface area contributed by atoms with Gasteiger partial charge < -0.3 is 9.80 Å². The molecule has 3 rings (SSSR count). The molecule has 0 bridgehead atoms. The molecule has 0 aromatic carbocycles. The first-order chi connectivity index (χ1) is 10.3. The molecule has 1 aliphatic rings. The van der Waals surface area contributed by atoms with E-state index >= 15 is 0 Å². The second kappa shape index (κ2) is 6.03. The van der Waals surface area contributed by atoms with Crippen molar-refractivity contribution < 1.29 is 0 Å². The minimum absolute atomic E-state index is 0.381. The largest absolute Gasteiger partial charge is 0.361 e. The highest BCUT2D eigenvalue weighted by Gasteiger charge is 2.26. The summed E-state index contributed by atoms with van der Waals surface area (Å²) in [6, 6.07) is 0. The van der Waals surface area contributed by atoms with E-state index in [9.17, 15) is 0 Å². The van der Waals surface area contributed by atoms with Crippen LogP contribution < -0.4 is 9.80 Å². The van der Waals surface area contributed by atoms with Gasteiger partial charge >= 0.3 is 0 Å². The molecule has 0 aliphatic carbocycles. The summed E-state index contributed by atoms with van der Waals surface area (Å²) in [6.07, 6.45) is 11.1. The Bertz CT molecular complexity index is 586.